The highest BCUT2D eigenvalue weighted by molar-refractivity contribution is 6.02. The second-order valence-corrected chi connectivity index (χ2v) is 9.45. The molecule has 0 atom stereocenters. The maximum Gasteiger partial charge on any atom is 0.255 e. The van der Waals surface area contributed by atoms with Crippen LogP contribution in [0.25, 0.3) is 16.9 Å². The highest BCUT2D eigenvalue weighted by Gasteiger charge is 2.29. The summed E-state index contributed by atoms with van der Waals surface area (Å²) in [5.74, 6) is -0.712. The van der Waals surface area contributed by atoms with E-state index >= 15 is 0 Å². The highest BCUT2D eigenvalue weighted by Crippen LogP contribution is 2.33. The third kappa shape index (κ3) is 4.02. The number of hydrogen-bond donors (Lipinski definition) is 1. The van der Waals surface area contributed by atoms with Gasteiger partial charge in [-0.1, -0.05) is 6.07 Å². The maximum atomic E-state index is 14.8. The fourth-order valence-electron chi connectivity index (χ4n) is 5.57. The Kier molecular flexibility index (Phi) is 5.91. The van der Waals surface area contributed by atoms with Crippen molar-refractivity contribution >= 4 is 11.6 Å². The van der Waals surface area contributed by atoms with Crippen LogP contribution in [0.2, 0.25) is 0 Å². The van der Waals surface area contributed by atoms with E-state index in [1.165, 1.54) is 12.1 Å². The molecule has 0 radical (unpaired) electrons. The van der Waals surface area contributed by atoms with Crippen molar-refractivity contribution in [3.05, 3.63) is 65.4 Å². The smallest absolute Gasteiger partial charge is 0.255 e. The second kappa shape index (κ2) is 9.37. The Balaban J connectivity index is 1.30. The van der Waals surface area contributed by atoms with E-state index in [0.29, 0.717) is 28.7 Å². The lowest BCUT2D eigenvalue weighted by molar-refractivity contribution is 0.0115. The number of nitrogens with one attached hydrogen (secondary N) is 1. The number of pyridine rings is 1. The Hall–Kier alpha value is -3.74. The molecule has 0 unspecified atom stereocenters. The molecule has 0 spiro atoms. The van der Waals surface area contributed by atoms with E-state index < -0.39 is 5.82 Å². The highest BCUT2D eigenvalue weighted by atomic mass is 19.1. The van der Waals surface area contributed by atoms with Crippen molar-refractivity contribution < 1.29 is 13.9 Å². The molecule has 0 bridgehead atoms. The van der Waals surface area contributed by atoms with E-state index in [1.807, 2.05) is 17.0 Å². The van der Waals surface area contributed by atoms with Crippen molar-refractivity contribution in [2.45, 2.75) is 25.4 Å². The van der Waals surface area contributed by atoms with Gasteiger partial charge < -0.3 is 19.5 Å². The van der Waals surface area contributed by atoms with Crippen molar-refractivity contribution in [1.82, 2.24) is 19.8 Å². The summed E-state index contributed by atoms with van der Waals surface area (Å²) in [5, 5.41) is 12.4. The van der Waals surface area contributed by atoms with Crippen molar-refractivity contribution in [2.75, 3.05) is 44.3 Å². The van der Waals surface area contributed by atoms with Crippen molar-refractivity contribution in [3.8, 4) is 23.0 Å². The summed E-state index contributed by atoms with van der Waals surface area (Å²) in [7, 11) is 0. The normalized spacial score (nSPS) is 18.7. The molecule has 3 aliphatic heterocycles. The first-order valence-corrected chi connectivity index (χ1v) is 12.4. The molecule has 0 saturated carbocycles. The molecule has 3 aromatic rings. The molecule has 3 aliphatic rings. The molecular formula is C27H27FN6O2. The third-order valence-corrected chi connectivity index (χ3v) is 7.45. The summed E-state index contributed by atoms with van der Waals surface area (Å²) >= 11 is 0. The van der Waals surface area contributed by atoms with Gasteiger partial charge in [0.25, 0.3) is 5.91 Å². The van der Waals surface area contributed by atoms with Gasteiger partial charge in [-0.2, -0.15) is 5.26 Å². The molecule has 2 fully saturated rings. The lowest BCUT2D eigenvalue weighted by atomic mass is 10.0. The van der Waals surface area contributed by atoms with E-state index in [2.05, 4.69) is 32.2 Å². The monoisotopic (exact) mass is 486 g/mol. The molecule has 8 nitrogen and oxygen atoms in total. The van der Waals surface area contributed by atoms with Gasteiger partial charge >= 0.3 is 0 Å². The molecule has 2 saturated heterocycles. The number of halogens is 1. The minimum Gasteiger partial charge on any atom is -0.379 e. The predicted octanol–water partition coefficient (Wildman–Crippen LogP) is 3.09. The molecule has 184 valence electrons. The largest absolute Gasteiger partial charge is 0.379 e. The first-order valence-electron chi connectivity index (χ1n) is 12.4. The number of carbonyl (C=O) groups excluding carboxylic acids is 1. The standard InChI is InChI=1S/C27H27FN6O2/c28-21-3-1-2-18(15-29)25(21)22-14-24(26-23(31-22)16-30-27(26)35)34-9-6-20(17-34)32-7-4-19(5-8-32)33-10-12-36-13-11-33/h1-3,6,9,14,17,19H,4-5,7-8,10-13,16H2,(H,30,35). The van der Waals surface area contributed by atoms with Crippen LogP contribution in [0.3, 0.4) is 0 Å². The average molecular weight is 487 g/mol. The van der Waals surface area contributed by atoms with Crippen LogP contribution in [-0.2, 0) is 11.3 Å². The molecule has 6 rings (SSSR count). The van der Waals surface area contributed by atoms with Crippen LogP contribution in [0.1, 0.15) is 34.5 Å². The number of ether oxygens (including phenoxy) is 1. The Morgan fingerprint density at radius 2 is 1.92 bits per heavy atom. The van der Waals surface area contributed by atoms with Crippen LogP contribution in [-0.4, -0.2) is 65.8 Å². The number of hydrogen-bond acceptors (Lipinski definition) is 6. The fourth-order valence-corrected chi connectivity index (χ4v) is 5.57. The Bertz CT molecular complexity index is 1350. The van der Waals surface area contributed by atoms with Gasteiger partial charge in [-0.05, 0) is 37.1 Å². The molecule has 9 heteroatoms. The first-order chi connectivity index (χ1) is 17.6. The van der Waals surface area contributed by atoms with Crippen LogP contribution in [0.15, 0.2) is 42.7 Å². The minimum atomic E-state index is -0.513. The Morgan fingerprint density at radius 3 is 2.69 bits per heavy atom. The predicted molar refractivity (Wildman–Crippen MR) is 132 cm³/mol. The number of aromatic nitrogens is 2. The van der Waals surface area contributed by atoms with Gasteiger partial charge in [-0.15, -0.1) is 0 Å². The molecule has 1 aromatic carbocycles. The van der Waals surface area contributed by atoms with Crippen LogP contribution in [0.5, 0.6) is 0 Å². The molecule has 1 amide bonds. The lowest BCUT2D eigenvalue weighted by Crippen LogP contribution is -2.49. The Morgan fingerprint density at radius 1 is 1.11 bits per heavy atom. The van der Waals surface area contributed by atoms with Crippen LogP contribution in [0.4, 0.5) is 10.1 Å². The number of piperidine rings is 1. The number of benzene rings is 1. The van der Waals surface area contributed by atoms with E-state index in [-0.39, 0.29) is 23.6 Å². The number of morpholine rings is 1. The van der Waals surface area contributed by atoms with E-state index in [9.17, 15) is 14.4 Å². The lowest BCUT2D eigenvalue weighted by Gasteiger charge is -2.40. The number of rotatable bonds is 4. The maximum absolute atomic E-state index is 14.8. The zero-order chi connectivity index (χ0) is 24.6. The number of carbonyl (C=O) groups is 1. The van der Waals surface area contributed by atoms with Crippen molar-refractivity contribution in [1.29, 1.82) is 5.26 Å². The van der Waals surface area contributed by atoms with Crippen LogP contribution in [0, 0.1) is 17.1 Å². The van der Waals surface area contributed by atoms with Crippen molar-refractivity contribution in [2.24, 2.45) is 0 Å². The summed E-state index contributed by atoms with van der Waals surface area (Å²) in [6.07, 6.45) is 6.16. The zero-order valence-corrected chi connectivity index (χ0v) is 19.9. The molecule has 0 aliphatic carbocycles. The van der Waals surface area contributed by atoms with Gasteiger partial charge in [0.1, 0.15) is 5.82 Å². The van der Waals surface area contributed by atoms with Gasteiger partial charge in [-0.3, -0.25) is 9.69 Å². The van der Waals surface area contributed by atoms with E-state index in [1.54, 1.807) is 12.1 Å². The zero-order valence-electron chi connectivity index (χ0n) is 19.9. The topological polar surface area (TPSA) is 86.4 Å². The van der Waals surface area contributed by atoms with E-state index in [0.717, 1.165) is 57.9 Å². The van der Waals surface area contributed by atoms with Crippen molar-refractivity contribution in [3.63, 3.8) is 0 Å². The van der Waals surface area contributed by atoms with Crippen LogP contribution < -0.4 is 10.2 Å². The van der Waals surface area contributed by atoms with E-state index in [4.69, 9.17) is 4.74 Å². The summed E-state index contributed by atoms with van der Waals surface area (Å²) < 4.78 is 22.2. The molecular weight excluding hydrogens is 459 g/mol. The number of fused-ring (bicyclic) bond motifs is 1. The average Bonchev–Trinajstić information content (AvgIpc) is 3.56. The molecule has 2 aromatic heterocycles. The second-order valence-electron chi connectivity index (χ2n) is 9.45. The van der Waals surface area contributed by atoms with Crippen LogP contribution >= 0.6 is 0 Å². The number of anilines is 1. The van der Waals surface area contributed by atoms with Gasteiger partial charge in [0, 0.05) is 44.6 Å². The van der Waals surface area contributed by atoms with Gasteiger partial charge in [-0.25, -0.2) is 9.37 Å². The molecule has 5 heterocycles. The minimum absolute atomic E-state index is 0.154. The van der Waals surface area contributed by atoms with Gasteiger partial charge in [0.05, 0.1) is 65.3 Å². The summed E-state index contributed by atoms with van der Waals surface area (Å²) in [4.78, 5) is 22.2. The summed E-state index contributed by atoms with van der Waals surface area (Å²) in [6.45, 7) is 5.85. The van der Waals surface area contributed by atoms with Gasteiger partial charge in [0.15, 0.2) is 0 Å². The van der Waals surface area contributed by atoms with Gasteiger partial charge in [0.2, 0.25) is 0 Å². The third-order valence-electron chi connectivity index (χ3n) is 7.45. The SMILES string of the molecule is N#Cc1cccc(F)c1-c1cc(-n2ccc(N3CCC(N4CCOCC4)CC3)c2)c2c(n1)CNC2=O. The number of nitriles is 1. The summed E-state index contributed by atoms with van der Waals surface area (Å²) in [6, 6.07) is 10.8. The molecule has 36 heavy (non-hydrogen) atoms. The number of nitrogens with zero attached hydrogens (tertiary/aromatic N) is 5. The Labute approximate surface area is 208 Å². The summed E-state index contributed by atoms with van der Waals surface area (Å²) in [5.41, 5.74) is 3.47. The molecule has 1 N–H and O–H groups in total. The number of amides is 1. The fraction of sp³-hybridized carbons (Fsp3) is 0.370. The quantitative estimate of drug-likeness (QED) is 0.610. The first kappa shape index (κ1) is 22.7.